The highest BCUT2D eigenvalue weighted by molar-refractivity contribution is 7.47. The minimum Gasteiger partial charge on any atom is -0.462 e. The smallest absolute Gasteiger partial charge is 0.462 e. The van der Waals surface area contributed by atoms with Gasteiger partial charge in [-0.25, -0.2) is 9.13 Å². The van der Waals surface area contributed by atoms with Gasteiger partial charge in [0.1, 0.15) is 19.3 Å². The van der Waals surface area contributed by atoms with Gasteiger partial charge < -0.3 is 33.8 Å². The van der Waals surface area contributed by atoms with E-state index in [0.29, 0.717) is 31.6 Å². The van der Waals surface area contributed by atoms with Crippen LogP contribution in [0.3, 0.4) is 0 Å². The number of carbonyl (C=O) groups is 4. The third-order valence-electron chi connectivity index (χ3n) is 20.6. The molecule has 0 saturated heterocycles. The maximum Gasteiger partial charge on any atom is 0.472 e. The standard InChI is InChI=1S/C88H172O17P2/c1-78(2)64-56-48-40-34-28-22-16-11-9-10-12-19-25-31-37-43-52-60-68-85(90)98-74-83(104-87(92)70-63-55-45-39-33-27-21-15-18-24-30-36-42-50-58-66-80(5)6)76-102-106(94,95)100-72-82(89)73-101-107(96,97)103-77-84(75-99-86(91)69-61-53-47-46-51-59-67-81(7)8)105-88(93)71-62-54-44-38-32-26-20-14-13-17-23-29-35-41-49-57-65-79(3)4/h78-84,89H,9-77H2,1-8H3,(H,94,95)(H,96,97)/t82?,83-,84-/m1/s1. The second kappa shape index (κ2) is 76.7. The van der Waals surface area contributed by atoms with Crippen LogP contribution in [0.5, 0.6) is 0 Å². The summed E-state index contributed by atoms with van der Waals surface area (Å²) in [7, 11) is -9.93. The molecule has 0 radical (unpaired) electrons. The molecule has 0 spiro atoms. The summed E-state index contributed by atoms with van der Waals surface area (Å²) in [5.74, 6) is 1.01. The molecule has 0 aromatic rings. The summed E-state index contributed by atoms with van der Waals surface area (Å²) in [6.07, 6.45) is 66.9. The van der Waals surface area contributed by atoms with Crippen LogP contribution in [0.25, 0.3) is 0 Å². The monoisotopic (exact) mass is 1560 g/mol. The number of ether oxygens (including phenoxy) is 4. The van der Waals surface area contributed by atoms with Crippen LogP contribution in [0, 0.1) is 23.7 Å². The topological polar surface area (TPSA) is 237 Å². The number of aliphatic hydroxyl groups is 1. The molecule has 0 fully saturated rings. The van der Waals surface area contributed by atoms with Crippen molar-refractivity contribution in [3.8, 4) is 0 Å². The van der Waals surface area contributed by atoms with E-state index in [1.54, 1.807) is 0 Å². The SMILES string of the molecule is CC(C)CCCCCCCCCCCCCCCCCCCCC(=O)OC[C@H](COP(=O)(O)OCC(O)COP(=O)(O)OC[C@@H](COC(=O)CCCCCCCCC(C)C)OC(=O)CCCCCCCCCCCCCCCCCCC(C)C)OC(=O)CCCCCCCCCCCCCCCCCC(C)C. The summed E-state index contributed by atoms with van der Waals surface area (Å²) in [5, 5.41) is 10.7. The Morgan fingerprint density at radius 3 is 0.579 bits per heavy atom. The third-order valence-corrected chi connectivity index (χ3v) is 22.5. The first-order valence-corrected chi connectivity index (χ1v) is 48.2. The second-order valence-electron chi connectivity index (χ2n) is 33.5. The van der Waals surface area contributed by atoms with Crippen LogP contribution >= 0.6 is 15.6 Å². The summed E-state index contributed by atoms with van der Waals surface area (Å²) >= 11 is 0. The summed E-state index contributed by atoms with van der Waals surface area (Å²) in [6.45, 7) is 14.3. The van der Waals surface area contributed by atoms with Crippen LogP contribution in [0.4, 0.5) is 0 Å². The van der Waals surface area contributed by atoms with Gasteiger partial charge in [0.2, 0.25) is 0 Å². The summed E-state index contributed by atoms with van der Waals surface area (Å²) in [4.78, 5) is 73.2. The van der Waals surface area contributed by atoms with Gasteiger partial charge in [0.05, 0.1) is 26.4 Å². The van der Waals surface area contributed by atoms with Gasteiger partial charge in [-0.3, -0.25) is 37.3 Å². The van der Waals surface area contributed by atoms with Gasteiger partial charge in [-0.05, 0) is 49.4 Å². The summed E-state index contributed by atoms with van der Waals surface area (Å²) < 4.78 is 68.9. The highest BCUT2D eigenvalue weighted by atomic mass is 31.2. The van der Waals surface area contributed by atoms with Crippen LogP contribution in [-0.4, -0.2) is 96.7 Å². The molecule has 0 aliphatic carbocycles. The van der Waals surface area contributed by atoms with Gasteiger partial charge in [0.25, 0.3) is 0 Å². The fourth-order valence-corrected chi connectivity index (χ4v) is 15.3. The molecule has 3 unspecified atom stereocenters. The van der Waals surface area contributed by atoms with Crippen LogP contribution in [0.2, 0.25) is 0 Å². The van der Waals surface area contributed by atoms with E-state index < -0.39 is 97.5 Å². The quantitative estimate of drug-likeness (QED) is 0.0222. The Morgan fingerprint density at radius 1 is 0.234 bits per heavy atom. The van der Waals surface area contributed by atoms with E-state index in [-0.39, 0.29) is 25.7 Å². The van der Waals surface area contributed by atoms with Gasteiger partial charge in [0.15, 0.2) is 12.2 Å². The number of aliphatic hydroxyl groups excluding tert-OH is 1. The highest BCUT2D eigenvalue weighted by Crippen LogP contribution is 2.45. The van der Waals surface area contributed by atoms with E-state index in [1.807, 2.05) is 0 Å². The van der Waals surface area contributed by atoms with Crippen LogP contribution < -0.4 is 0 Å². The van der Waals surface area contributed by atoms with Gasteiger partial charge in [-0.15, -0.1) is 0 Å². The van der Waals surface area contributed by atoms with Gasteiger partial charge in [0, 0.05) is 25.7 Å². The molecule has 0 heterocycles. The zero-order valence-corrected chi connectivity index (χ0v) is 72.6. The van der Waals surface area contributed by atoms with Gasteiger partial charge in [-0.2, -0.15) is 0 Å². The fourth-order valence-electron chi connectivity index (χ4n) is 13.7. The fraction of sp³-hybridized carbons (Fsp3) is 0.955. The van der Waals surface area contributed by atoms with E-state index in [1.165, 1.54) is 257 Å². The Balaban J connectivity index is 5.20. The number of hydrogen-bond donors (Lipinski definition) is 3. The molecule has 17 nitrogen and oxygen atoms in total. The molecule has 636 valence electrons. The number of unbranched alkanes of at least 4 members (excludes halogenated alkanes) is 51. The predicted molar refractivity (Wildman–Crippen MR) is 441 cm³/mol. The van der Waals surface area contributed by atoms with Crippen LogP contribution in [0.1, 0.15) is 460 Å². The molecule has 0 saturated carbocycles. The first kappa shape index (κ1) is 105. The summed E-state index contributed by atoms with van der Waals surface area (Å²) in [6, 6.07) is 0. The molecule has 107 heavy (non-hydrogen) atoms. The van der Waals surface area contributed by atoms with Crippen LogP contribution in [0.15, 0.2) is 0 Å². The molecule has 0 bridgehead atoms. The number of esters is 4. The Morgan fingerprint density at radius 2 is 0.393 bits per heavy atom. The molecule has 0 rings (SSSR count). The lowest BCUT2D eigenvalue weighted by molar-refractivity contribution is -0.161. The molecule has 0 aromatic heterocycles. The average Bonchev–Trinajstić information content (AvgIpc) is 0.903. The van der Waals surface area contributed by atoms with E-state index in [2.05, 4.69) is 55.4 Å². The van der Waals surface area contributed by atoms with Gasteiger partial charge >= 0.3 is 39.5 Å². The second-order valence-corrected chi connectivity index (χ2v) is 36.4. The molecule has 0 aliphatic heterocycles. The number of hydrogen-bond acceptors (Lipinski definition) is 15. The van der Waals surface area contributed by atoms with Crippen molar-refractivity contribution in [1.29, 1.82) is 0 Å². The molecular formula is C88H172O17P2. The van der Waals surface area contributed by atoms with Crippen molar-refractivity contribution in [2.75, 3.05) is 39.6 Å². The minimum absolute atomic E-state index is 0.107. The van der Waals surface area contributed by atoms with Crippen molar-refractivity contribution in [1.82, 2.24) is 0 Å². The molecular weight excluding hydrogens is 1390 g/mol. The van der Waals surface area contributed by atoms with E-state index in [4.69, 9.17) is 37.0 Å². The largest absolute Gasteiger partial charge is 0.472 e. The molecule has 19 heteroatoms. The molecule has 0 amide bonds. The predicted octanol–water partition coefficient (Wildman–Crippen LogP) is 26.7. The number of rotatable bonds is 85. The lowest BCUT2D eigenvalue weighted by Crippen LogP contribution is -2.30. The lowest BCUT2D eigenvalue weighted by Gasteiger charge is -2.21. The maximum atomic E-state index is 13.2. The van der Waals surface area contributed by atoms with Crippen molar-refractivity contribution in [2.24, 2.45) is 23.7 Å². The molecule has 5 atom stereocenters. The van der Waals surface area contributed by atoms with Crippen molar-refractivity contribution >= 4 is 39.5 Å². The first-order chi connectivity index (χ1) is 51.6. The summed E-state index contributed by atoms with van der Waals surface area (Å²) in [5.41, 5.74) is 0. The molecule has 0 aromatic carbocycles. The molecule has 3 N–H and O–H groups in total. The minimum atomic E-state index is -4.97. The first-order valence-electron chi connectivity index (χ1n) is 45.2. The number of phosphoric acid groups is 2. The third kappa shape index (κ3) is 81.9. The Bertz CT molecular complexity index is 2080. The Labute approximate surface area is 658 Å². The van der Waals surface area contributed by atoms with Gasteiger partial charge in [-0.1, -0.05) is 409 Å². The van der Waals surface area contributed by atoms with E-state index >= 15 is 0 Å². The lowest BCUT2D eigenvalue weighted by atomic mass is 10.0. The van der Waals surface area contributed by atoms with E-state index in [0.717, 1.165) is 114 Å². The number of phosphoric ester groups is 2. The van der Waals surface area contributed by atoms with Crippen molar-refractivity contribution in [2.45, 2.75) is 478 Å². The Hall–Kier alpha value is -1.94. The average molecular weight is 1560 g/mol. The van der Waals surface area contributed by atoms with Crippen molar-refractivity contribution in [3.63, 3.8) is 0 Å². The normalized spacial score (nSPS) is 13.9. The van der Waals surface area contributed by atoms with Crippen LogP contribution in [-0.2, 0) is 65.4 Å². The zero-order chi connectivity index (χ0) is 78.8. The van der Waals surface area contributed by atoms with Crippen molar-refractivity contribution < 1.29 is 80.2 Å². The Kier molecular flexibility index (Phi) is 75.3. The van der Waals surface area contributed by atoms with Crippen molar-refractivity contribution in [3.05, 3.63) is 0 Å². The zero-order valence-electron chi connectivity index (χ0n) is 70.8. The number of carbonyl (C=O) groups excluding carboxylic acids is 4. The van der Waals surface area contributed by atoms with E-state index in [9.17, 15) is 43.2 Å². The maximum absolute atomic E-state index is 13.2. The highest BCUT2D eigenvalue weighted by Gasteiger charge is 2.31. The molecule has 0 aliphatic rings.